The molecule has 0 aliphatic heterocycles. The van der Waals surface area contributed by atoms with Crippen molar-refractivity contribution in [1.29, 1.82) is 0 Å². The van der Waals surface area contributed by atoms with Crippen molar-refractivity contribution in [2.45, 2.75) is 12.8 Å². The maximum absolute atomic E-state index is 11.4. The van der Waals surface area contributed by atoms with Crippen LogP contribution in [0.15, 0.2) is 48.5 Å². The lowest BCUT2D eigenvalue weighted by atomic mass is 9.92. The van der Waals surface area contributed by atoms with E-state index in [0.717, 1.165) is 11.1 Å². The molecule has 20 heavy (non-hydrogen) atoms. The monoisotopic (exact) mass is 308 g/mol. The Morgan fingerprint density at radius 1 is 1.05 bits per heavy atom. The van der Waals surface area contributed by atoms with Crippen LogP contribution in [-0.4, -0.2) is 11.1 Å². The van der Waals surface area contributed by atoms with Crippen LogP contribution in [0.2, 0.25) is 10.0 Å². The van der Waals surface area contributed by atoms with Crippen LogP contribution in [0.25, 0.3) is 0 Å². The quantitative estimate of drug-likeness (QED) is 0.884. The molecule has 0 saturated heterocycles. The molecular weight excluding hydrogens is 295 g/mol. The van der Waals surface area contributed by atoms with Crippen LogP contribution in [-0.2, 0) is 17.6 Å². The zero-order valence-electron chi connectivity index (χ0n) is 10.7. The van der Waals surface area contributed by atoms with E-state index in [-0.39, 0.29) is 0 Å². The van der Waals surface area contributed by atoms with E-state index in [0.29, 0.717) is 22.9 Å². The number of carboxylic acids is 1. The second kappa shape index (κ2) is 6.78. The molecule has 0 fully saturated rings. The van der Waals surface area contributed by atoms with Crippen LogP contribution >= 0.6 is 23.2 Å². The van der Waals surface area contributed by atoms with E-state index < -0.39 is 11.9 Å². The Morgan fingerprint density at radius 2 is 1.80 bits per heavy atom. The number of halogens is 2. The molecule has 0 radical (unpaired) electrons. The molecule has 0 bridgehead atoms. The van der Waals surface area contributed by atoms with Crippen molar-refractivity contribution in [3.63, 3.8) is 0 Å². The molecule has 0 spiro atoms. The van der Waals surface area contributed by atoms with Crippen molar-refractivity contribution < 1.29 is 9.90 Å². The Kier molecular flexibility index (Phi) is 5.05. The Morgan fingerprint density at radius 3 is 2.45 bits per heavy atom. The number of carboxylic acid groups (broad SMARTS) is 1. The van der Waals surface area contributed by atoms with E-state index >= 15 is 0 Å². The normalized spacial score (nSPS) is 12.1. The summed E-state index contributed by atoms with van der Waals surface area (Å²) < 4.78 is 0. The fourth-order valence-electron chi connectivity index (χ4n) is 2.12. The van der Waals surface area contributed by atoms with E-state index in [1.165, 1.54) is 0 Å². The highest BCUT2D eigenvalue weighted by Gasteiger charge is 2.19. The van der Waals surface area contributed by atoms with Crippen LogP contribution in [0.3, 0.4) is 0 Å². The standard InChI is InChI=1S/C16H14Cl2O2/c17-14-6-3-4-11(9-14)8-13(16(19)20)10-12-5-1-2-7-15(12)18/h1-7,9,13H,8,10H2,(H,19,20). The maximum Gasteiger partial charge on any atom is 0.307 e. The van der Waals surface area contributed by atoms with Gasteiger partial charge in [-0.2, -0.15) is 0 Å². The van der Waals surface area contributed by atoms with Gasteiger partial charge >= 0.3 is 5.97 Å². The molecule has 1 unspecified atom stereocenters. The molecule has 0 aliphatic rings. The zero-order chi connectivity index (χ0) is 14.5. The van der Waals surface area contributed by atoms with Gasteiger partial charge in [-0.25, -0.2) is 0 Å². The number of aliphatic carboxylic acids is 1. The van der Waals surface area contributed by atoms with Crippen molar-refractivity contribution >= 4 is 29.2 Å². The summed E-state index contributed by atoms with van der Waals surface area (Å²) in [4.78, 5) is 11.4. The molecule has 2 nitrogen and oxygen atoms in total. The average Bonchev–Trinajstić information content (AvgIpc) is 2.40. The molecule has 0 saturated carbocycles. The summed E-state index contributed by atoms with van der Waals surface area (Å²) in [5, 5.41) is 10.6. The first-order chi connectivity index (χ1) is 9.56. The predicted octanol–water partition coefficient (Wildman–Crippen LogP) is 4.48. The van der Waals surface area contributed by atoms with Crippen molar-refractivity contribution in [3.05, 3.63) is 69.7 Å². The lowest BCUT2D eigenvalue weighted by Crippen LogP contribution is -2.19. The van der Waals surface area contributed by atoms with E-state index in [2.05, 4.69) is 0 Å². The molecule has 0 amide bonds. The molecule has 4 heteroatoms. The molecule has 0 aromatic heterocycles. The Bertz CT molecular complexity index is 611. The van der Waals surface area contributed by atoms with Crippen LogP contribution in [0, 0.1) is 5.92 Å². The van der Waals surface area contributed by atoms with Gasteiger partial charge in [0.25, 0.3) is 0 Å². The number of hydrogen-bond donors (Lipinski definition) is 1. The average molecular weight is 309 g/mol. The van der Waals surface area contributed by atoms with Crippen LogP contribution in [0.4, 0.5) is 0 Å². The molecule has 2 aromatic carbocycles. The lowest BCUT2D eigenvalue weighted by molar-refractivity contribution is -0.141. The molecule has 0 heterocycles. The molecule has 104 valence electrons. The topological polar surface area (TPSA) is 37.3 Å². The molecule has 1 atom stereocenters. The van der Waals surface area contributed by atoms with Gasteiger partial charge in [0.05, 0.1) is 5.92 Å². The van der Waals surface area contributed by atoms with E-state index in [1.807, 2.05) is 30.3 Å². The summed E-state index contributed by atoms with van der Waals surface area (Å²) in [6.07, 6.45) is 0.836. The number of rotatable bonds is 5. The fourth-order valence-corrected chi connectivity index (χ4v) is 2.55. The summed E-state index contributed by atoms with van der Waals surface area (Å²) in [6.45, 7) is 0. The smallest absolute Gasteiger partial charge is 0.307 e. The summed E-state index contributed by atoms with van der Waals surface area (Å²) in [6, 6.07) is 14.6. The van der Waals surface area contributed by atoms with Crippen LogP contribution in [0.5, 0.6) is 0 Å². The van der Waals surface area contributed by atoms with Crippen molar-refractivity contribution in [3.8, 4) is 0 Å². The first kappa shape index (κ1) is 14.9. The molecule has 0 aliphatic carbocycles. The lowest BCUT2D eigenvalue weighted by Gasteiger charge is -2.13. The van der Waals surface area contributed by atoms with E-state index in [1.54, 1.807) is 18.2 Å². The second-order valence-electron chi connectivity index (χ2n) is 4.66. The number of carbonyl (C=O) groups is 1. The summed E-state index contributed by atoms with van der Waals surface area (Å²) in [5.74, 6) is -1.35. The molecular formula is C16H14Cl2O2. The van der Waals surface area contributed by atoms with Gasteiger partial charge in [0.2, 0.25) is 0 Å². The minimum atomic E-state index is -0.829. The first-order valence-corrected chi connectivity index (χ1v) is 7.02. The third-order valence-corrected chi connectivity index (χ3v) is 3.75. The van der Waals surface area contributed by atoms with Gasteiger partial charge < -0.3 is 5.11 Å². The van der Waals surface area contributed by atoms with Crippen molar-refractivity contribution in [1.82, 2.24) is 0 Å². The summed E-state index contributed by atoms with van der Waals surface area (Å²) in [7, 11) is 0. The highest BCUT2D eigenvalue weighted by Crippen LogP contribution is 2.22. The molecule has 1 N–H and O–H groups in total. The summed E-state index contributed by atoms with van der Waals surface area (Å²) >= 11 is 12.0. The molecule has 2 aromatic rings. The molecule has 2 rings (SSSR count). The number of hydrogen-bond acceptors (Lipinski definition) is 1. The second-order valence-corrected chi connectivity index (χ2v) is 5.51. The van der Waals surface area contributed by atoms with E-state index in [4.69, 9.17) is 23.2 Å². The predicted molar refractivity (Wildman–Crippen MR) is 81.4 cm³/mol. The van der Waals surface area contributed by atoms with Gasteiger partial charge in [-0.15, -0.1) is 0 Å². The third-order valence-electron chi connectivity index (χ3n) is 3.14. The highest BCUT2D eigenvalue weighted by molar-refractivity contribution is 6.31. The van der Waals surface area contributed by atoms with Gasteiger partial charge in [0, 0.05) is 10.0 Å². The van der Waals surface area contributed by atoms with Gasteiger partial charge in [-0.05, 0) is 42.2 Å². The maximum atomic E-state index is 11.4. The Labute approximate surface area is 128 Å². The fraction of sp³-hybridized carbons (Fsp3) is 0.188. The third kappa shape index (κ3) is 3.99. The minimum absolute atomic E-state index is 0.404. The summed E-state index contributed by atoms with van der Waals surface area (Å²) in [5.41, 5.74) is 1.76. The van der Waals surface area contributed by atoms with Gasteiger partial charge in [0.1, 0.15) is 0 Å². The largest absolute Gasteiger partial charge is 0.481 e. The highest BCUT2D eigenvalue weighted by atomic mass is 35.5. The first-order valence-electron chi connectivity index (χ1n) is 6.27. The minimum Gasteiger partial charge on any atom is -0.481 e. The van der Waals surface area contributed by atoms with Crippen molar-refractivity contribution in [2.24, 2.45) is 5.92 Å². The number of benzene rings is 2. The Hall–Kier alpha value is -1.51. The van der Waals surface area contributed by atoms with Gasteiger partial charge in [-0.3, -0.25) is 4.79 Å². The van der Waals surface area contributed by atoms with E-state index in [9.17, 15) is 9.90 Å². The zero-order valence-corrected chi connectivity index (χ0v) is 12.2. The SMILES string of the molecule is O=C(O)C(Cc1cccc(Cl)c1)Cc1ccccc1Cl. The Balaban J connectivity index is 2.16. The van der Waals surface area contributed by atoms with Gasteiger partial charge in [0.15, 0.2) is 0 Å². The van der Waals surface area contributed by atoms with Crippen LogP contribution in [0.1, 0.15) is 11.1 Å². The van der Waals surface area contributed by atoms with Crippen LogP contribution < -0.4 is 0 Å². The van der Waals surface area contributed by atoms with Gasteiger partial charge in [-0.1, -0.05) is 53.5 Å². The van der Waals surface area contributed by atoms with Crippen molar-refractivity contribution in [2.75, 3.05) is 0 Å².